The van der Waals surface area contributed by atoms with Crippen molar-refractivity contribution in [2.45, 2.75) is 57.6 Å². The highest BCUT2D eigenvalue weighted by Crippen LogP contribution is 2.33. The zero-order chi connectivity index (χ0) is 30.2. The van der Waals surface area contributed by atoms with Crippen LogP contribution in [0.25, 0.3) is 0 Å². The van der Waals surface area contributed by atoms with E-state index in [1.807, 2.05) is 52.0 Å². The molecule has 0 aliphatic heterocycles. The lowest BCUT2D eigenvalue weighted by Crippen LogP contribution is -2.53. The van der Waals surface area contributed by atoms with Crippen molar-refractivity contribution in [1.29, 1.82) is 0 Å². The van der Waals surface area contributed by atoms with Crippen molar-refractivity contribution in [3.05, 3.63) is 83.9 Å². The van der Waals surface area contributed by atoms with Gasteiger partial charge in [-0.15, -0.1) is 0 Å². The largest absolute Gasteiger partial charge is 0.497 e. The van der Waals surface area contributed by atoms with Gasteiger partial charge in [0.2, 0.25) is 11.8 Å². The predicted octanol–water partition coefficient (Wildman–Crippen LogP) is 4.54. The molecule has 2 amide bonds. The Morgan fingerprint density at radius 1 is 0.927 bits per heavy atom. The molecule has 0 unspecified atom stereocenters. The van der Waals surface area contributed by atoms with Gasteiger partial charge in [-0.1, -0.05) is 48.9 Å². The van der Waals surface area contributed by atoms with Gasteiger partial charge in [-0.05, 0) is 69.2 Å². The third-order valence-electron chi connectivity index (χ3n) is 6.53. The van der Waals surface area contributed by atoms with E-state index in [2.05, 4.69) is 5.32 Å². The van der Waals surface area contributed by atoms with Crippen molar-refractivity contribution < 1.29 is 27.5 Å². The van der Waals surface area contributed by atoms with Crippen LogP contribution >= 0.6 is 0 Å². The minimum Gasteiger partial charge on any atom is -0.497 e. The van der Waals surface area contributed by atoms with Crippen molar-refractivity contribution >= 4 is 27.5 Å². The molecule has 0 heterocycles. The molecule has 3 aromatic rings. The normalized spacial score (nSPS) is 12.0. The molecule has 1 N–H and O–H groups in total. The number of hydrogen-bond donors (Lipinski definition) is 1. The molecule has 0 bridgehead atoms. The molecule has 0 radical (unpaired) electrons. The average Bonchev–Trinajstić information content (AvgIpc) is 2.95. The van der Waals surface area contributed by atoms with Crippen LogP contribution in [0.5, 0.6) is 11.5 Å². The highest BCUT2D eigenvalue weighted by atomic mass is 32.2. The van der Waals surface area contributed by atoms with Crippen LogP contribution in [-0.2, 0) is 26.2 Å². The molecule has 0 aromatic heterocycles. The number of carbonyl (C=O) groups is 2. The first-order valence-electron chi connectivity index (χ1n) is 13.5. The molecule has 220 valence electrons. The van der Waals surface area contributed by atoms with Gasteiger partial charge >= 0.3 is 0 Å². The number of sulfonamides is 1. The molecular formula is C31H39N3O6S. The molecule has 10 heteroatoms. The minimum atomic E-state index is -4.24. The van der Waals surface area contributed by atoms with Crippen molar-refractivity contribution in [2.24, 2.45) is 0 Å². The number of para-hydroxylation sites is 2. The number of benzene rings is 3. The van der Waals surface area contributed by atoms with Crippen LogP contribution in [0, 0.1) is 6.92 Å². The second-order valence-electron chi connectivity index (χ2n) is 9.96. The van der Waals surface area contributed by atoms with Crippen LogP contribution in [0.4, 0.5) is 5.69 Å². The van der Waals surface area contributed by atoms with Crippen LogP contribution < -0.4 is 19.1 Å². The molecule has 0 saturated heterocycles. The summed E-state index contributed by atoms with van der Waals surface area (Å²) in [4.78, 5) is 28.9. The number of nitrogens with zero attached hydrogens (tertiary/aromatic N) is 2. The number of aryl methyl sites for hydroxylation is 1. The maximum absolute atomic E-state index is 14.2. The lowest BCUT2D eigenvalue weighted by molar-refractivity contribution is -0.140. The highest BCUT2D eigenvalue weighted by Gasteiger charge is 2.34. The molecule has 0 aliphatic rings. The number of anilines is 1. The van der Waals surface area contributed by atoms with E-state index in [0.29, 0.717) is 12.2 Å². The number of nitrogens with one attached hydrogen (secondary N) is 1. The van der Waals surface area contributed by atoms with Crippen LogP contribution in [0.1, 0.15) is 38.3 Å². The Hall–Kier alpha value is -4.05. The van der Waals surface area contributed by atoms with Gasteiger partial charge in [0.15, 0.2) is 0 Å². The van der Waals surface area contributed by atoms with E-state index in [9.17, 15) is 18.0 Å². The Bertz CT molecular complexity index is 1440. The summed E-state index contributed by atoms with van der Waals surface area (Å²) in [5.41, 5.74) is 2.04. The van der Waals surface area contributed by atoms with Gasteiger partial charge < -0.3 is 19.7 Å². The summed E-state index contributed by atoms with van der Waals surface area (Å²) in [5.74, 6) is -0.0482. The standard InChI is InChI=1S/C31H39N3O6S/c1-7-27(31(36)32-22(2)3)33(20-24-12-10-11-23(4)19-24)30(35)21-34(28-13-8-9-14-29(28)40-6)41(37,38)26-17-15-25(39-5)16-18-26/h8-19,22,27H,7,20-21H2,1-6H3,(H,32,36)/t27-/m1/s1. The number of ether oxygens (including phenoxy) is 2. The van der Waals surface area contributed by atoms with Gasteiger partial charge in [-0.25, -0.2) is 8.42 Å². The fourth-order valence-corrected chi connectivity index (χ4v) is 5.96. The van der Waals surface area contributed by atoms with Gasteiger partial charge in [0.25, 0.3) is 10.0 Å². The molecule has 41 heavy (non-hydrogen) atoms. The molecule has 0 saturated carbocycles. The molecule has 0 aliphatic carbocycles. The summed E-state index contributed by atoms with van der Waals surface area (Å²) in [6.07, 6.45) is 0.343. The third-order valence-corrected chi connectivity index (χ3v) is 8.31. The topological polar surface area (TPSA) is 105 Å². The lowest BCUT2D eigenvalue weighted by atomic mass is 10.1. The number of amides is 2. The summed E-state index contributed by atoms with van der Waals surface area (Å²) in [5, 5.41) is 2.90. The summed E-state index contributed by atoms with van der Waals surface area (Å²) in [7, 11) is -1.31. The summed E-state index contributed by atoms with van der Waals surface area (Å²) in [6.45, 7) is 7.06. The van der Waals surface area contributed by atoms with Gasteiger partial charge in [0, 0.05) is 12.6 Å². The zero-order valence-electron chi connectivity index (χ0n) is 24.5. The first kappa shape index (κ1) is 31.5. The maximum atomic E-state index is 14.2. The molecule has 1 atom stereocenters. The number of carbonyl (C=O) groups excluding carboxylic acids is 2. The van der Waals surface area contributed by atoms with Gasteiger partial charge in [-0.2, -0.15) is 0 Å². The van der Waals surface area contributed by atoms with E-state index in [-0.39, 0.29) is 34.8 Å². The van der Waals surface area contributed by atoms with Crippen molar-refractivity contribution in [2.75, 3.05) is 25.1 Å². The SMILES string of the molecule is CC[C@H](C(=O)NC(C)C)N(Cc1cccc(C)c1)C(=O)CN(c1ccccc1OC)S(=O)(=O)c1ccc(OC)cc1. The van der Waals surface area contributed by atoms with Crippen LogP contribution in [0.3, 0.4) is 0 Å². The van der Waals surface area contributed by atoms with E-state index in [4.69, 9.17) is 9.47 Å². The maximum Gasteiger partial charge on any atom is 0.264 e. The molecule has 0 fully saturated rings. The van der Waals surface area contributed by atoms with Crippen molar-refractivity contribution in [1.82, 2.24) is 10.2 Å². The molecule has 9 nitrogen and oxygen atoms in total. The minimum absolute atomic E-state index is 0.0215. The van der Waals surface area contributed by atoms with Crippen LogP contribution in [0.15, 0.2) is 77.7 Å². The van der Waals surface area contributed by atoms with E-state index >= 15 is 0 Å². The molecule has 3 rings (SSSR count). The monoisotopic (exact) mass is 581 g/mol. The molecule has 0 spiro atoms. The van der Waals surface area contributed by atoms with E-state index < -0.39 is 28.5 Å². The number of hydrogen-bond acceptors (Lipinski definition) is 6. The quantitative estimate of drug-likeness (QED) is 0.318. The van der Waals surface area contributed by atoms with Crippen molar-refractivity contribution in [3.8, 4) is 11.5 Å². The van der Waals surface area contributed by atoms with Crippen LogP contribution in [0.2, 0.25) is 0 Å². The van der Waals surface area contributed by atoms with E-state index in [0.717, 1.165) is 15.4 Å². The lowest BCUT2D eigenvalue weighted by Gasteiger charge is -2.34. The van der Waals surface area contributed by atoms with E-state index in [1.54, 1.807) is 36.4 Å². The van der Waals surface area contributed by atoms with Crippen LogP contribution in [-0.4, -0.2) is 58.0 Å². The Balaban J connectivity index is 2.10. The number of methoxy groups -OCH3 is 2. The molecule has 3 aromatic carbocycles. The summed E-state index contributed by atoms with van der Waals surface area (Å²) >= 11 is 0. The van der Waals surface area contributed by atoms with Gasteiger partial charge in [0.05, 0.1) is 24.8 Å². The van der Waals surface area contributed by atoms with Crippen molar-refractivity contribution in [3.63, 3.8) is 0 Å². The Kier molecular flexibility index (Phi) is 10.8. The molecular weight excluding hydrogens is 542 g/mol. The first-order chi connectivity index (χ1) is 19.5. The Morgan fingerprint density at radius 3 is 2.20 bits per heavy atom. The number of rotatable bonds is 13. The average molecular weight is 582 g/mol. The summed E-state index contributed by atoms with van der Waals surface area (Å²) < 4.78 is 39.8. The Morgan fingerprint density at radius 2 is 1.61 bits per heavy atom. The first-order valence-corrected chi connectivity index (χ1v) is 14.9. The second kappa shape index (κ2) is 14.0. The predicted molar refractivity (Wildman–Crippen MR) is 160 cm³/mol. The smallest absolute Gasteiger partial charge is 0.264 e. The fourth-order valence-electron chi connectivity index (χ4n) is 4.53. The van der Waals surface area contributed by atoms with Gasteiger partial charge in [-0.3, -0.25) is 13.9 Å². The van der Waals surface area contributed by atoms with E-state index in [1.165, 1.54) is 31.3 Å². The zero-order valence-corrected chi connectivity index (χ0v) is 25.3. The fraction of sp³-hybridized carbons (Fsp3) is 0.355. The highest BCUT2D eigenvalue weighted by molar-refractivity contribution is 7.92. The third kappa shape index (κ3) is 7.79. The Labute approximate surface area is 243 Å². The summed E-state index contributed by atoms with van der Waals surface area (Å²) in [6, 6.07) is 19.3. The van der Waals surface area contributed by atoms with Gasteiger partial charge in [0.1, 0.15) is 24.1 Å². The second-order valence-corrected chi connectivity index (χ2v) is 11.8.